The van der Waals surface area contributed by atoms with Crippen molar-refractivity contribution in [1.29, 1.82) is 0 Å². The third-order valence-corrected chi connectivity index (χ3v) is 6.07. The lowest BCUT2D eigenvalue weighted by atomic mass is 9.63. The first kappa shape index (κ1) is 14.5. The lowest BCUT2D eigenvalue weighted by Crippen LogP contribution is -2.40. The van der Waals surface area contributed by atoms with Crippen LogP contribution in [0, 0.1) is 45.6 Å². The normalized spacial score (nSPS) is 37.5. The lowest BCUT2D eigenvalue weighted by Gasteiger charge is -2.37. The van der Waals surface area contributed by atoms with Gasteiger partial charge in [0, 0.05) is 12.1 Å². The molecule has 0 spiro atoms. The third-order valence-electron chi connectivity index (χ3n) is 6.07. The van der Waals surface area contributed by atoms with Gasteiger partial charge in [0.25, 0.3) is 17.5 Å². The summed E-state index contributed by atoms with van der Waals surface area (Å²) in [7, 11) is 0. The minimum Gasteiger partial charge on any atom is -0.272 e. The van der Waals surface area contributed by atoms with Gasteiger partial charge in [-0.15, -0.1) is 0 Å². The maximum absolute atomic E-state index is 12.7. The molecule has 1 aromatic carbocycles. The van der Waals surface area contributed by atoms with E-state index in [1.165, 1.54) is 18.3 Å². The fourth-order valence-corrected chi connectivity index (χ4v) is 4.86. The highest BCUT2D eigenvalue weighted by Gasteiger charge is 2.67. The van der Waals surface area contributed by atoms with Crippen molar-refractivity contribution >= 4 is 23.7 Å². The molecule has 2 saturated carbocycles. The standard InChI is InChI=1S/C18H15N3O4/c22-17-15-11-5-6-12(14-7-13(11)14)16(15)18(23)20(17)19-8-9-1-3-10(4-2-9)21(24)25/h1-6,8,11-16H,7H2/b19-8-/t11-,12-,13-,14-,15-,16+/m1/s1. The summed E-state index contributed by atoms with van der Waals surface area (Å²) in [6.45, 7) is 0. The zero-order valence-corrected chi connectivity index (χ0v) is 13.2. The minimum atomic E-state index is -0.479. The first-order valence-electron chi connectivity index (χ1n) is 8.41. The second-order valence-corrected chi connectivity index (χ2v) is 7.24. The minimum absolute atomic E-state index is 0.0154. The number of hydrazone groups is 1. The van der Waals surface area contributed by atoms with Crippen molar-refractivity contribution in [2.24, 2.45) is 40.6 Å². The molecule has 2 amide bonds. The fraction of sp³-hybridized carbons (Fsp3) is 0.389. The van der Waals surface area contributed by atoms with Crippen LogP contribution in [0.15, 0.2) is 41.5 Å². The van der Waals surface area contributed by atoms with E-state index in [0.717, 1.165) is 11.4 Å². The molecule has 6 atom stereocenters. The summed E-state index contributed by atoms with van der Waals surface area (Å²) in [4.78, 5) is 35.7. The zero-order chi connectivity index (χ0) is 17.3. The van der Waals surface area contributed by atoms with E-state index in [1.807, 2.05) is 0 Å². The lowest BCUT2D eigenvalue weighted by molar-refractivity contribution is -0.384. The van der Waals surface area contributed by atoms with Gasteiger partial charge in [-0.2, -0.15) is 10.1 Å². The second kappa shape index (κ2) is 4.84. The van der Waals surface area contributed by atoms with Crippen molar-refractivity contribution in [3.63, 3.8) is 0 Å². The molecule has 5 aliphatic rings. The predicted octanol–water partition coefficient (Wildman–Crippen LogP) is 1.98. The van der Waals surface area contributed by atoms with Gasteiger partial charge < -0.3 is 0 Å². The molecular weight excluding hydrogens is 322 g/mol. The molecule has 1 saturated heterocycles. The number of nitrogens with zero attached hydrogens (tertiary/aromatic N) is 3. The number of rotatable bonds is 3. The van der Waals surface area contributed by atoms with Crippen LogP contribution >= 0.6 is 0 Å². The van der Waals surface area contributed by atoms with Crippen molar-refractivity contribution in [2.75, 3.05) is 0 Å². The van der Waals surface area contributed by atoms with Crippen molar-refractivity contribution in [3.8, 4) is 0 Å². The molecule has 6 rings (SSSR count). The molecule has 2 bridgehead atoms. The molecule has 1 aliphatic heterocycles. The van der Waals surface area contributed by atoms with Gasteiger partial charge in [0.2, 0.25) is 0 Å². The first-order chi connectivity index (χ1) is 12.1. The SMILES string of the molecule is O=C1[C@@H]2[C@@H]3C=C[C@H]([C@H]4C[C@H]34)[C@@H]2C(=O)N1/N=C\c1ccc([N+](=O)[O-])cc1. The van der Waals surface area contributed by atoms with Gasteiger partial charge in [-0.3, -0.25) is 19.7 Å². The quantitative estimate of drug-likeness (QED) is 0.277. The summed E-state index contributed by atoms with van der Waals surface area (Å²) < 4.78 is 0. The Bertz CT molecular complexity index is 824. The number of nitro benzene ring substituents is 1. The maximum atomic E-state index is 12.7. The van der Waals surface area contributed by atoms with Gasteiger partial charge in [-0.25, -0.2) is 0 Å². The van der Waals surface area contributed by atoms with E-state index in [2.05, 4.69) is 17.3 Å². The highest BCUT2D eigenvalue weighted by Crippen LogP contribution is 2.65. The second-order valence-electron chi connectivity index (χ2n) is 7.24. The average molecular weight is 337 g/mol. The number of imide groups is 1. The number of nitro groups is 1. The number of hydrogen-bond donors (Lipinski definition) is 0. The summed E-state index contributed by atoms with van der Waals surface area (Å²) in [5.74, 6) is 0.529. The van der Waals surface area contributed by atoms with Crippen LogP contribution < -0.4 is 0 Å². The van der Waals surface area contributed by atoms with E-state index in [0.29, 0.717) is 17.4 Å². The first-order valence-corrected chi connectivity index (χ1v) is 8.41. The Morgan fingerprint density at radius 2 is 1.60 bits per heavy atom. The number of hydrogen-bond acceptors (Lipinski definition) is 5. The largest absolute Gasteiger partial charge is 0.272 e. The monoisotopic (exact) mass is 337 g/mol. The Hall–Kier alpha value is -2.83. The van der Waals surface area contributed by atoms with Gasteiger partial charge in [0.05, 0.1) is 23.0 Å². The predicted molar refractivity (Wildman–Crippen MR) is 87.2 cm³/mol. The molecule has 0 aromatic heterocycles. The molecule has 1 aromatic rings. The van der Waals surface area contributed by atoms with E-state index in [4.69, 9.17) is 0 Å². The summed E-state index contributed by atoms with van der Waals surface area (Å²) in [5, 5.41) is 15.8. The van der Waals surface area contributed by atoms with E-state index < -0.39 is 4.92 Å². The summed E-state index contributed by atoms with van der Waals surface area (Å²) in [6.07, 6.45) is 6.78. The van der Waals surface area contributed by atoms with Gasteiger partial charge in [0.15, 0.2) is 0 Å². The van der Waals surface area contributed by atoms with Crippen LogP contribution in [0.4, 0.5) is 5.69 Å². The molecule has 4 aliphatic carbocycles. The van der Waals surface area contributed by atoms with Gasteiger partial charge in [-0.1, -0.05) is 12.2 Å². The smallest absolute Gasteiger partial charge is 0.269 e. The van der Waals surface area contributed by atoms with E-state index in [-0.39, 0.29) is 41.2 Å². The summed E-state index contributed by atoms with van der Waals surface area (Å²) in [6, 6.07) is 5.82. The maximum Gasteiger partial charge on any atom is 0.269 e. The molecule has 7 nitrogen and oxygen atoms in total. The molecule has 7 heteroatoms. The summed E-state index contributed by atoms with van der Waals surface area (Å²) >= 11 is 0. The Morgan fingerprint density at radius 3 is 2.12 bits per heavy atom. The van der Waals surface area contributed by atoms with Gasteiger partial charge in [-0.05, 0) is 47.8 Å². The van der Waals surface area contributed by atoms with Crippen LogP contribution in [0.25, 0.3) is 0 Å². The van der Waals surface area contributed by atoms with Crippen molar-refractivity contribution < 1.29 is 14.5 Å². The van der Waals surface area contributed by atoms with E-state index in [9.17, 15) is 19.7 Å². The molecule has 0 N–H and O–H groups in total. The van der Waals surface area contributed by atoms with Crippen molar-refractivity contribution in [2.45, 2.75) is 6.42 Å². The Labute approximate surface area is 143 Å². The fourth-order valence-electron chi connectivity index (χ4n) is 4.86. The number of amides is 2. The number of carbonyl (C=O) groups excluding carboxylic acids is 2. The van der Waals surface area contributed by atoms with Crippen LogP contribution in [-0.4, -0.2) is 28.0 Å². The summed E-state index contributed by atoms with van der Waals surface area (Å²) in [5.41, 5.74) is 0.586. The molecule has 0 unspecified atom stereocenters. The van der Waals surface area contributed by atoms with Crippen molar-refractivity contribution in [1.82, 2.24) is 5.01 Å². The molecule has 1 heterocycles. The molecule has 0 radical (unpaired) electrons. The number of allylic oxidation sites excluding steroid dienone is 2. The number of benzene rings is 1. The van der Waals surface area contributed by atoms with Crippen LogP contribution in [0.1, 0.15) is 12.0 Å². The van der Waals surface area contributed by atoms with E-state index >= 15 is 0 Å². The highest BCUT2D eigenvalue weighted by atomic mass is 16.6. The molecule has 126 valence electrons. The Balaban J connectivity index is 1.39. The topological polar surface area (TPSA) is 92.9 Å². The van der Waals surface area contributed by atoms with Gasteiger partial charge in [0.1, 0.15) is 0 Å². The average Bonchev–Trinajstić information content (AvgIpc) is 3.39. The van der Waals surface area contributed by atoms with Crippen LogP contribution in [0.3, 0.4) is 0 Å². The van der Waals surface area contributed by atoms with Crippen molar-refractivity contribution in [3.05, 3.63) is 52.1 Å². The van der Waals surface area contributed by atoms with Crippen LogP contribution in [0.5, 0.6) is 0 Å². The van der Waals surface area contributed by atoms with Crippen LogP contribution in [0.2, 0.25) is 0 Å². The molecule has 25 heavy (non-hydrogen) atoms. The zero-order valence-electron chi connectivity index (χ0n) is 13.2. The van der Waals surface area contributed by atoms with E-state index in [1.54, 1.807) is 12.1 Å². The van der Waals surface area contributed by atoms with Gasteiger partial charge >= 0.3 is 0 Å². The number of carbonyl (C=O) groups is 2. The third kappa shape index (κ3) is 1.95. The van der Waals surface area contributed by atoms with Crippen LogP contribution in [-0.2, 0) is 9.59 Å². The Kier molecular flexibility index (Phi) is 2.81. The highest BCUT2D eigenvalue weighted by molar-refractivity contribution is 6.06. The Morgan fingerprint density at radius 1 is 1.04 bits per heavy atom. The number of non-ortho nitro benzene ring substituents is 1. The molecular formula is C18H15N3O4. The molecule has 3 fully saturated rings.